The van der Waals surface area contributed by atoms with Crippen molar-refractivity contribution < 1.29 is 9.84 Å². The van der Waals surface area contributed by atoms with Gasteiger partial charge in [-0.2, -0.15) is 0 Å². The Morgan fingerprint density at radius 1 is 1.04 bits per heavy atom. The van der Waals surface area contributed by atoms with Gasteiger partial charge in [0.05, 0.1) is 6.61 Å². The van der Waals surface area contributed by atoms with Crippen molar-refractivity contribution in [3.8, 4) is 22.6 Å². The number of hydrogen-bond donors (Lipinski definition) is 2. The molecule has 0 saturated carbocycles. The van der Waals surface area contributed by atoms with E-state index in [2.05, 4.69) is 10.4 Å². The molecule has 3 N–H and O–H groups in total. The van der Waals surface area contributed by atoms with Gasteiger partial charge in [0.1, 0.15) is 17.3 Å². The van der Waals surface area contributed by atoms with Gasteiger partial charge in [-0.05, 0) is 35.2 Å². The van der Waals surface area contributed by atoms with Gasteiger partial charge in [-0.25, -0.2) is 4.98 Å². The third-order valence-corrected chi connectivity index (χ3v) is 5.23. The summed E-state index contributed by atoms with van der Waals surface area (Å²) in [4.78, 5) is 4.32. The average Bonchev–Trinajstić information content (AvgIpc) is 3.15. The summed E-state index contributed by atoms with van der Waals surface area (Å²) in [6, 6.07) is 17.6. The van der Waals surface area contributed by atoms with Crippen LogP contribution in [0.3, 0.4) is 0 Å². The fourth-order valence-electron chi connectivity index (χ4n) is 2.92. The second-order valence-electron chi connectivity index (χ2n) is 5.98. The molecule has 2 aromatic heterocycles. The van der Waals surface area contributed by atoms with Crippen LogP contribution in [0.2, 0.25) is 0 Å². The zero-order valence-electron chi connectivity index (χ0n) is 14.5. The fourth-order valence-corrected chi connectivity index (χ4v) is 4.00. The molecule has 0 fully saturated rings. The van der Waals surface area contributed by atoms with Gasteiger partial charge in [-0.3, -0.25) is 0 Å². The summed E-state index contributed by atoms with van der Waals surface area (Å²) >= 11 is 1.62. The highest BCUT2D eigenvalue weighted by Gasteiger charge is 2.13. The number of hydrogen-bond acceptors (Lipinski definition) is 5. The number of anilines is 1. The first-order chi connectivity index (χ1) is 13.3. The Bertz CT molecular complexity index is 1090. The van der Waals surface area contributed by atoms with Crippen molar-refractivity contribution in [2.45, 2.75) is 0 Å². The van der Waals surface area contributed by atoms with Crippen molar-refractivity contribution >= 4 is 33.3 Å². The van der Waals surface area contributed by atoms with E-state index in [-0.39, 0.29) is 6.61 Å². The number of para-hydroxylation sites is 1. The minimum Gasteiger partial charge on any atom is -0.457 e. The van der Waals surface area contributed by atoms with E-state index < -0.39 is 0 Å². The van der Waals surface area contributed by atoms with Crippen LogP contribution in [0.5, 0.6) is 11.5 Å². The smallest absolute Gasteiger partial charge is 0.132 e. The Kier molecular flexibility index (Phi) is 4.87. The Balaban J connectivity index is 1.69. The zero-order chi connectivity index (χ0) is 18.6. The van der Waals surface area contributed by atoms with Crippen molar-refractivity contribution in [3.63, 3.8) is 0 Å². The molecule has 0 saturated heterocycles. The van der Waals surface area contributed by atoms with E-state index in [4.69, 9.17) is 15.6 Å². The van der Waals surface area contributed by atoms with Gasteiger partial charge in [0.15, 0.2) is 0 Å². The maximum atomic E-state index is 9.03. The third-order valence-electron chi connectivity index (χ3n) is 4.20. The van der Waals surface area contributed by atoms with Crippen LogP contribution < -0.4 is 10.5 Å². The summed E-state index contributed by atoms with van der Waals surface area (Å²) in [7, 11) is 0. The molecule has 5 heteroatoms. The van der Waals surface area contributed by atoms with Gasteiger partial charge in [-0.1, -0.05) is 42.5 Å². The topological polar surface area (TPSA) is 68.4 Å². The number of nitrogen functional groups attached to an aromatic ring is 1. The predicted molar refractivity (Wildman–Crippen MR) is 112 cm³/mol. The number of nitrogens with two attached hydrogens (primary N) is 1. The number of ether oxygens (including phenoxy) is 1. The van der Waals surface area contributed by atoms with Gasteiger partial charge < -0.3 is 15.6 Å². The number of aliphatic hydroxyl groups is 1. The van der Waals surface area contributed by atoms with Crippen molar-refractivity contribution in [3.05, 3.63) is 77.8 Å². The maximum Gasteiger partial charge on any atom is 0.132 e. The molecule has 2 aromatic carbocycles. The van der Waals surface area contributed by atoms with Gasteiger partial charge in [0.2, 0.25) is 0 Å². The lowest BCUT2D eigenvalue weighted by Crippen LogP contribution is -1.92. The van der Waals surface area contributed by atoms with Gasteiger partial charge in [0, 0.05) is 27.4 Å². The lowest BCUT2D eigenvalue weighted by molar-refractivity contribution is 0.343. The highest BCUT2D eigenvalue weighted by Crippen LogP contribution is 2.39. The maximum absolute atomic E-state index is 9.03. The molecule has 0 bridgehead atoms. The first kappa shape index (κ1) is 17.3. The van der Waals surface area contributed by atoms with Gasteiger partial charge in [-0.15, -0.1) is 11.3 Å². The van der Waals surface area contributed by atoms with Crippen molar-refractivity contribution in [2.24, 2.45) is 0 Å². The summed E-state index contributed by atoms with van der Waals surface area (Å²) in [6.07, 6.45) is 5.30. The summed E-state index contributed by atoms with van der Waals surface area (Å²) in [6.45, 7) is -0.00697. The minimum atomic E-state index is -0.00697. The van der Waals surface area contributed by atoms with E-state index in [1.807, 2.05) is 60.7 Å². The molecule has 0 aliphatic heterocycles. The average molecular weight is 374 g/mol. The van der Waals surface area contributed by atoms with Crippen molar-refractivity contribution in [1.29, 1.82) is 0 Å². The molecular formula is C22H18N2O2S. The summed E-state index contributed by atoms with van der Waals surface area (Å²) < 4.78 is 6.92. The predicted octanol–water partition coefficient (Wildman–Crippen LogP) is 5.34. The molecule has 27 heavy (non-hydrogen) atoms. The number of benzene rings is 2. The van der Waals surface area contributed by atoms with Crippen LogP contribution >= 0.6 is 11.3 Å². The van der Waals surface area contributed by atoms with E-state index in [9.17, 15) is 0 Å². The van der Waals surface area contributed by atoms with Crippen LogP contribution in [0, 0.1) is 0 Å². The van der Waals surface area contributed by atoms with Crippen LogP contribution in [-0.2, 0) is 0 Å². The molecule has 0 aliphatic carbocycles. The molecular weight excluding hydrogens is 356 g/mol. The number of pyridine rings is 1. The molecule has 4 nitrogen and oxygen atoms in total. The van der Waals surface area contributed by atoms with E-state index >= 15 is 0 Å². The molecule has 2 heterocycles. The van der Waals surface area contributed by atoms with Crippen LogP contribution in [0.1, 0.15) is 5.56 Å². The van der Waals surface area contributed by atoms with E-state index in [0.29, 0.717) is 5.82 Å². The Hall–Kier alpha value is -3.15. The van der Waals surface area contributed by atoms with E-state index in [0.717, 1.165) is 38.3 Å². The normalized spacial score (nSPS) is 11.3. The number of aliphatic hydroxyl groups excluding tert-OH is 1. The Morgan fingerprint density at radius 3 is 2.52 bits per heavy atom. The SMILES string of the molecule is Nc1ncc(C=CCO)c2scc(-c3ccc(Oc4ccccc4)cc3)c12. The lowest BCUT2D eigenvalue weighted by atomic mass is 10.0. The number of rotatable bonds is 5. The zero-order valence-corrected chi connectivity index (χ0v) is 15.3. The number of aromatic nitrogens is 1. The van der Waals surface area contributed by atoms with Crippen molar-refractivity contribution in [1.82, 2.24) is 4.98 Å². The molecule has 0 radical (unpaired) electrons. The monoisotopic (exact) mass is 374 g/mol. The highest BCUT2D eigenvalue weighted by molar-refractivity contribution is 7.18. The minimum absolute atomic E-state index is 0.00697. The van der Waals surface area contributed by atoms with Crippen molar-refractivity contribution in [2.75, 3.05) is 12.3 Å². The molecule has 4 aromatic rings. The Labute approximate surface area is 161 Å². The molecule has 0 atom stereocenters. The Morgan fingerprint density at radius 2 is 1.78 bits per heavy atom. The van der Waals surface area contributed by atoms with Crippen LogP contribution in [0.15, 0.2) is 72.3 Å². The van der Waals surface area contributed by atoms with E-state index in [1.165, 1.54) is 0 Å². The molecule has 0 aliphatic rings. The quantitative estimate of drug-likeness (QED) is 0.494. The van der Waals surface area contributed by atoms with Crippen LogP contribution in [-0.4, -0.2) is 16.7 Å². The molecule has 0 amide bonds. The molecule has 0 spiro atoms. The van der Waals surface area contributed by atoms with E-state index in [1.54, 1.807) is 23.6 Å². The third kappa shape index (κ3) is 3.56. The second kappa shape index (κ2) is 7.61. The molecule has 0 unspecified atom stereocenters. The number of fused-ring (bicyclic) bond motifs is 1. The fraction of sp³-hybridized carbons (Fsp3) is 0.0455. The summed E-state index contributed by atoms with van der Waals surface area (Å²) in [5.41, 5.74) is 9.22. The standard InChI is InChI=1S/C22H18N2O2S/c23-22-20-19(14-27-21(20)16(13-24-22)5-4-12-25)15-8-10-18(11-9-15)26-17-6-2-1-3-7-17/h1-11,13-14,25H,12H2,(H2,23,24). The first-order valence-electron chi connectivity index (χ1n) is 8.52. The highest BCUT2D eigenvalue weighted by atomic mass is 32.1. The van der Waals surface area contributed by atoms with Gasteiger partial charge >= 0.3 is 0 Å². The van der Waals surface area contributed by atoms with Gasteiger partial charge in [0.25, 0.3) is 0 Å². The largest absolute Gasteiger partial charge is 0.457 e. The molecule has 134 valence electrons. The van der Waals surface area contributed by atoms with Crippen LogP contribution in [0.25, 0.3) is 27.3 Å². The summed E-state index contributed by atoms with van der Waals surface area (Å²) in [5, 5.41) is 12.1. The first-order valence-corrected chi connectivity index (χ1v) is 9.40. The number of nitrogens with zero attached hydrogens (tertiary/aromatic N) is 1. The van der Waals surface area contributed by atoms with Crippen LogP contribution in [0.4, 0.5) is 5.82 Å². The summed E-state index contributed by atoms with van der Waals surface area (Å²) in [5.74, 6) is 2.09. The lowest BCUT2D eigenvalue weighted by Gasteiger charge is -2.07. The molecule has 4 rings (SSSR count). The second-order valence-corrected chi connectivity index (χ2v) is 6.86. The number of thiophene rings is 1.